The van der Waals surface area contributed by atoms with Crippen molar-refractivity contribution in [3.05, 3.63) is 0 Å². The lowest BCUT2D eigenvalue weighted by molar-refractivity contribution is -0.914. The van der Waals surface area contributed by atoms with Gasteiger partial charge in [-0.15, -0.1) is 0 Å². The first-order valence-corrected chi connectivity index (χ1v) is 8.34. The Balaban J connectivity index is 0.00000289. The minimum atomic E-state index is 0. The molecule has 0 aliphatic carbocycles. The summed E-state index contributed by atoms with van der Waals surface area (Å²) in [5.74, 6) is 1.07. The van der Waals surface area contributed by atoms with E-state index in [0.717, 1.165) is 5.75 Å². The maximum Gasteiger partial charge on any atom is 0.0784 e. The molecular formula is C15H32BrNS. The SMILES string of the molecule is C[N+]1(CCCCCCCCCS)CCCCC1.[Br-]. The third-order valence-corrected chi connectivity index (χ3v) is 4.57. The summed E-state index contributed by atoms with van der Waals surface area (Å²) in [6.45, 7) is 4.29. The van der Waals surface area contributed by atoms with E-state index in [4.69, 9.17) is 0 Å². The summed E-state index contributed by atoms with van der Waals surface area (Å²) in [6, 6.07) is 0. The highest BCUT2D eigenvalue weighted by atomic mass is 79.9. The van der Waals surface area contributed by atoms with Crippen LogP contribution in [0.2, 0.25) is 0 Å². The molecule has 0 unspecified atom stereocenters. The van der Waals surface area contributed by atoms with Crippen molar-refractivity contribution >= 4 is 12.6 Å². The fraction of sp³-hybridized carbons (Fsp3) is 1.00. The van der Waals surface area contributed by atoms with E-state index in [1.54, 1.807) is 0 Å². The lowest BCUT2D eigenvalue weighted by Crippen LogP contribution is -3.00. The van der Waals surface area contributed by atoms with Gasteiger partial charge in [-0.1, -0.05) is 25.7 Å². The van der Waals surface area contributed by atoms with Crippen molar-refractivity contribution in [1.82, 2.24) is 0 Å². The zero-order valence-corrected chi connectivity index (χ0v) is 14.7. The summed E-state index contributed by atoms with van der Waals surface area (Å²) in [5, 5.41) is 0. The van der Waals surface area contributed by atoms with Crippen LogP contribution in [0.1, 0.15) is 64.2 Å². The number of hydrogen-bond donors (Lipinski definition) is 1. The molecule has 110 valence electrons. The number of piperidine rings is 1. The molecule has 0 aromatic carbocycles. The Labute approximate surface area is 130 Å². The molecule has 0 aromatic rings. The highest BCUT2D eigenvalue weighted by molar-refractivity contribution is 7.80. The van der Waals surface area contributed by atoms with Crippen LogP contribution in [0.25, 0.3) is 0 Å². The van der Waals surface area contributed by atoms with Gasteiger partial charge in [0.15, 0.2) is 0 Å². The van der Waals surface area contributed by atoms with Gasteiger partial charge in [-0.05, 0) is 44.3 Å². The number of likely N-dealkylation sites (tertiary alicyclic amines) is 1. The van der Waals surface area contributed by atoms with Crippen molar-refractivity contribution in [2.45, 2.75) is 64.2 Å². The van der Waals surface area contributed by atoms with Gasteiger partial charge in [0.1, 0.15) is 0 Å². The predicted molar refractivity (Wildman–Crippen MR) is 80.8 cm³/mol. The fourth-order valence-corrected chi connectivity index (χ4v) is 3.21. The molecule has 1 fully saturated rings. The van der Waals surface area contributed by atoms with Gasteiger partial charge in [0.2, 0.25) is 0 Å². The summed E-state index contributed by atoms with van der Waals surface area (Å²) in [7, 11) is 2.46. The lowest BCUT2D eigenvalue weighted by Gasteiger charge is -2.37. The lowest BCUT2D eigenvalue weighted by atomic mass is 10.1. The Kier molecular flexibility index (Phi) is 12.1. The summed E-state index contributed by atoms with van der Waals surface area (Å²) in [5.41, 5.74) is 0. The normalized spacial score (nSPS) is 18.3. The molecule has 18 heavy (non-hydrogen) atoms. The zero-order chi connectivity index (χ0) is 12.4. The van der Waals surface area contributed by atoms with Crippen LogP contribution in [-0.2, 0) is 0 Å². The summed E-state index contributed by atoms with van der Waals surface area (Å²) >= 11 is 4.24. The molecule has 0 spiro atoms. The zero-order valence-electron chi connectivity index (χ0n) is 12.2. The van der Waals surface area contributed by atoms with Gasteiger partial charge in [0.25, 0.3) is 0 Å². The summed E-state index contributed by atoms with van der Waals surface area (Å²) in [4.78, 5) is 0. The van der Waals surface area contributed by atoms with Gasteiger partial charge in [-0.3, -0.25) is 0 Å². The van der Waals surface area contributed by atoms with E-state index in [0.29, 0.717) is 0 Å². The van der Waals surface area contributed by atoms with Crippen molar-refractivity contribution in [1.29, 1.82) is 0 Å². The van der Waals surface area contributed by atoms with Crippen molar-refractivity contribution in [3.63, 3.8) is 0 Å². The van der Waals surface area contributed by atoms with Crippen LogP contribution in [-0.4, -0.2) is 36.9 Å². The maximum absolute atomic E-state index is 4.24. The Hall–Kier alpha value is 0.790. The second-order valence-corrected chi connectivity index (χ2v) is 6.50. The Morgan fingerprint density at radius 1 is 0.778 bits per heavy atom. The first-order valence-electron chi connectivity index (χ1n) is 7.71. The van der Waals surface area contributed by atoms with Crippen LogP contribution < -0.4 is 17.0 Å². The van der Waals surface area contributed by atoms with E-state index in [-0.39, 0.29) is 17.0 Å². The average molecular weight is 338 g/mol. The Morgan fingerprint density at radius 2 is 1.28 bits per heavy atom. The van der Waals surface area contributed by atoms with E-state index in [2.05, 4.69) is 19.7 Å². The number of thiol groups is 1. The van der Waals surface area contributed by atoms with E-state index in [1.807, 2.05) is 0 Å². The van der Waals surface area contributed by atoms with Crippen LogP contribution >= 0.6 is 12.6 Å². The van der Waals surface area contributed by atoms with E-state index in [9.17, 15) is 0 Å². The van der Waals surface area contributed by atoms with Crippen molar-refractivity contribution in [2.24, 2.45) is 0 Å². The second-order valence-electron chi connectivity index (χ2n) is 6.05. The van der Waals surface area contributed by atoms with Gasteiger partial charge in [0.05, 0.1) is 26.7 Å². The highest BCUT2D eigenvalue weighted by Gasteiger charge is 2.23. The standard InChI is InChI=1S/C15H31NS.BrH/c1-16(13-9-7-10-14-16)12-8-5-3-2-4-6-11-15-17;/h2-15H2,1H3;1H. The summed E-state index contributed by atoms with van der Waals surface area (Å²) in [6.07, 6.45) is 14.3. The Morgan fingerprint density at radius 3 is 1.83 bits per heavy atom. The van der Waals surface area contributed by atoms with Gasteiger partial charge in [-0.2, -0.15) is 12.6 Å². The number of quaternary nitrogens is 1. The molecule has 1 aliphatic rings. The van der Waals surface area contributed by atoms with Crippen LogP contribution in [0, 0.1) is 0 Å². The Bertz CT molecular complexity index is 181. The minimum Gasteiger partial charge on any atom is -1.00 e. The molecule has 0 bridgehead atoms. The average Bonchev–Trinajstić information content (AvgIpc) is 2.33. The molecule has 1 aliphatic heterocycles. The number of unbranched alkanes of at least 4 members (excludes halogenated alkanes) is 6. The number of nitrogens with zero attached hydrogens (tertiary/aromatic N) is 1. The van der Waals surface area contributed by atoms with E-state index in [1.165, 1.54) is 88.3 Å². The number of rotatable bonds is 9. The molecule has 1 saturated heterocycles. The largest absolute Gasteiger partial charge is 1.00 e. The fourth-order valence-electron chi connectivity index (χ4n) is 2.99. The van der Waals surface area contributed by atoms with Crippen LogP contribution in [0.3, 0.4) is 0 Å². The highest BCUT2D eigenvalue weighted by Crippen LogP contribution is 2.18. The van der Waals surface area contributed by atoms with E-state index < -0.39 is 0 Å². The first-order chi connectivity index (χ1) is 8.27. The second kappa shape index (κ2) is 11.6. The molecule has 3 heteroatoms. The molecule has 1 heterocycles. The van der Waals surface area contributed by atoms with E-state index >= 15 is 0 Å². The monoisotopic (exact) mass is 337 g/mol. The third kappa shape index (κ3) is 8.82. The molecule has 1 rings (SSSR count). The molecule has 0 atom stereocenters. The predicted octanol–water partition coefficient (Wildman–Crippen LogP) is 1.28. The topological polar surface area (TPSA) is 0 Å². The van der Waals surface area contributed by atoms with Crippen LogP contribution in [0.5, 0.6) is 0 Å². The van der Waals surface area contributed by atoms with Gasteiger partial charge in [0, 0.05) is 0 Å². The van der Waals surface area contributed by atoms with Crippen LogP contribution in [0.15, 0.2) is 0 Å². The molecule has 0 amide bonds. The third-order valence-electron chi connectivity index (χ3n) is 4.25. The number of hydrogen-bond acceptors (Lipinski definition) is 1. The van der Waals surface area contributed by atoms with Crippen molar-refractivity contribution < 1.29 is 21.5 Å². The minimum absolute atomic E-state index is 0. The molecule has 0 radical (unpaired) electrons. The van der Waals surface area contributed by atoms with Crippen molar-refractivity contribution in [2.75, 3.05) is 32.4 Å². The molecule has 0 aromatic heterocycles. The smallest absolute Gasteiger partial charge is 0.0784 e. The molecule has 0 N–H and O–H groups in total. The molecule has 0 saturated carbocycles. The van der Waals surface area contributed by atoms with Gasteiger partial charge < -0.3 is 21.5 Å². The summed E-state index contributed by atoms with van der Waals surface area (Å²) < 4.78 is 1.36. The quantitative estimate of drug-likeness (QED) is 0.366. The van der Waals surface area contributed by atoms with Gasteiger partial charge >= 0.3 is 0 Å². The molecular weight excluding hydrogens is 306 g/mol. The molecule has 1 nitrogen and oxygen atoms in total. The van der Waals surface area contributed by atoms with Crippen molar-refractivity contribution in [3.8, 4) is 0 Å². The first kappa shape index (κ1) is 18.8. The number of halogens is 1. The maximum atomic E-state index is 4.24. The van der Waals surface area contributed by atoms with Gasteiger partial charge in [-0.25, -0.2) is 0 Å². The van der Waals surface area contributed by atoms with Crippen LogP contribution in [0.4, 0.5) is 0 Å².